The number of rotatable bonds is 8. The topological polar surface area (TPSA) is 49.9 Å². The summed E-state index contributed by atoms with van der Waals surface area (Å²) in [6, 6.07) is 0. The Kier molecular flexibility index (Phi) is 6.10. The van der Waals surface area contributed by atoms with Crippen LogP contribution in [0.4, 0.5) is 0 Å². The first-order valence-electron chi connectivity index (χ1n) is 7.39. The van der Waals surface area contributed by atoms with Crippen LogP contribution in [0.25, 0.3) is 0 Å². The first-order valence-corrected chi connectivity index (χ1v) is 9.32. The highest BCUT2D eigenvalue weighted by Crippen LogP contribution is 2.28. The number of halogens is 1. The van der Waals surface area contributed by atoms with Gasteiger partial charge in [0.15, 0.2) is 0 Å². The van der Waals surface area contributed by atoms with Crippen LogP contribution < -0.4 is 0 Å². The van der Waals surface area contributed by atoms with Crippen molar-refractivity contribution in [3.8, 4) is 0 Å². The molecule has 0 unspecified atom stereocenters. The van der Waals surface area contributed by atoms with Gasteiger partial charge in [0.05, 0.1) is 6.61 Å². The molecule has 1 saturated heterocycles. The van der Waals surface area contributed by atoms with Gasteiger partial charge in [0.2, 0.25) is 0 Å². The number of hydrogen-bond acceptors (Lipinski definition) is 3. The Morgan fingerprint density at radius 1 is 1.20 bits per heavy atom. The molecule has 0 aromatic carbocycles. The van der Waals surface area contributed by atoms with Crippen LogP contribution in [-0.2, 0) is 14.9 Å². The molecule has 20 heavy (non-hydrogen) atoms. The number of piperidine rings is 1. The van der Waals surface area contributed by atoms with E-state index in [0.29, 0.717) is 44.0 Å². The summed E-state index contributed by atoms with van der Waals surface area (Å²) in [5.41, 5.74) is 0. The van der Waals surface area contributed by atoms with E-state index in [1.165, 1.54) is 17.1 Å². The summed E-state index contributed by atoms with van der Waals surface area (Å²) < 4.78 is 33.2. The smallest absolute Gasteiger partial charge is 0.281 e. The van der Waals surface area contributed by atoms with E-state index in [9.17, 15) is 8.42 Å². The lowest BCUT2D eigenvalue weighted by molar-refractivity contribution is 0.115. The lowest BCUT2D eigenvalue weighted by atomic mass is 10.0. The maximum Gasteiger partial charge on any atom is 0.281 e. The highest BCUT2D eigenvalue weighted by molar-refractivity contribution is 7.86. The Hall–Kier alpha value is 0.120. The maximum atomic E-state index is 12.4. The molecule has 0 aromatic rings. The van der Waals surface area contributed by atoms with Gasteiger partial charge in [0.25, 0.3) is 10.2 Å². The molecule has 118 valence electrons. The van der Waals surface area contributed by atoms with Crippen molar-refractivity contribution in [2.45, 2.75) is 25.7 Å². The lowest BCUT2D eigenvalue weighted by Crippen LogP contribution is -2.46. The van der Waals surface area contributed by atoms with Gasteiger partial charge in [0.1, 0.15) is 0 Å². The second kappa shape index (κ2) is 7.40. The largest absolute Gasteiger partial charge is 0.380 e. The van der Waals surface area contributed by atoms with Crippen LogP contribution in [0.5, 0.6) is 0 Å². The lowest BCUT2D eigenvalue weighted by Gasteiger charge is -2.33. The molecule has 7 heteroatoms. The summed E-state index contributed by atoms with van der Waals surface area (Å²) in [7, 11) is -1.71. The van der Waals surface area contributed by atoms with Gasteiger partial charge in [-0.15, -0.1) is 11.6 Å². The normalized spacial score (nSPS) is 22.6. The Morgan fingerprint density at radius 3 is 2.40 bits per heavy atom. The summed E-state index contributed by atoms with van der Waals surface area (Å²) >= 11 is 5.83. The number of hydrogen-bond donors (Lipinski definition) is 0. The first-order chi connectivity index (χ1) is 9.54. The maximum absolute atomic E-state index is 12.4. The van der Waals surface area contributed by atoms with E-state index in [0.717, 1.165) is 19.4 Å². The minimum absolute atomic E-state index is 0.421. The minimum Gasteiger partial charge on any atom is -0.380 e. The molecule has 0 atom stereocenters. The van der Waals surface area contributed by atoms with Gasteiger partial charge in [-0.25, -0.2) is 0 Å². The first kappa shape index (κ1) is 16.5. The summed E-state index contributed by atoms with van der Waals surface area (Å²) in [6.45, 7) is 2.82. The molecule has 1 aliphatic carbocycles. The van der Waals surface area contributed by atoms with Gasteiger partial charge in [-0.2, -0.15) is 17.0 Å². The summed E-state index contributed by atoms with van der Waals surface area (Å²) in [6.07, 6.45) is 4.22. The minimum atomic E-state index is -3.34. The van der Waals surface area contributed by atoms with Crippen LogP contribution in [0.1, 0.15) is 25.7 Å². The van der Waals surface area contributed by atoms with Gasteiger partial charge in [-0.1, -0.05) is 0 Å². The SMILES string of the molecule is CN(CCOCC1CC1)S(=O)(=O)N1CCC(CCl)CC1. The zero-order valence-electron chi connectivity index (χ0n) is 12.1. The molecule has 0 N–H and O–H groups in total. The molecule has 0 bridgehead atoms. The molecule has 1 saturated carbocycles. The monoisotopic (exact) mass is 324 g/mol. The zero-order valence-corrected chi connectivity index (χ0v) is 13.7. The fourth-order valence-electron chi connectivity index (χ4n) is 2.33. The molecule has 2 rings (SSSR count). The fraction of sp³-hybridized carbons (Fsp3) is 1.00. The van der Waals surface area contributed by atoms with E-state index in [2.05, 4.69) is 0 Å². The number of ether oxygens (including phenoxy) is 1. The standard InChI is InChI=1S/C13H25ClN2O3S/c1-15(8-9-19-11-13-2-3-13)20(17,18)16-6-4-12(10-14)5-7-16/h12-13H,2-11H2,1H3. The van der Waals surface area contributed by atoms with Gasteiger partial charge in [-0.3, -0.25) is 0 Å². The van der Waals surface area contributed by atoms with Crippen molar-refractivity contribution in [1.29, 1.82) is 0 Å². The summed E-state index contributed by atoms with van der Waals surface area (Å²) in [5.74, 6) is 1.79. The number of likely N-dealkylation sites (N-methyl/N-ethyl adjacent to an activating group) is 1. The highest BCUT2D eigenvalue weighted by Gasteiger charge is 2.30. The van der Waals surface area contributed by atoms with Crippen LogP contribution in [0.2, 0.25) is 0 Å². The van der Waals surface area contributed by atoms with Gasteiger partial charge < -0.3 is 4.74 Å². The third-order valence-corrected chi connectivity index (χ3v) is 6.54. The Morgan fingerprint density at radius 2 is 1.85 bits per heavy atom. The average molecular weight is 325 g/mol. The van der Waals surface area contributed by atoms with Crippen molar-refractivity contribution in [2.24, 2.45) is 11.8 Å². The second-order valence-electron chi connectivity index (χ2n) is 5.84. The van der Waals surface area contributed by atoms with Crippen molar-refractivity contribution in [3.63, 3.8) is 0 Å². The van der Waals surface area contributed by atoms with Crippen LogP contribution in [0.3, 0.4) is 0 Å². The Bertz CT molecular complexity index is 392. The van der Waals surface area contributed by atoms with Crippen LogP contribution in [-0.4, -0.2) is 62.8 Å². The molecule has 5 nitrogen and oxygen atoms in total. The van der Waals surface area contributed by atoms with Gasteiger partial charge in [-0.05, 0) is 37.5 Å². The molecule has 0 spiro atoms. The highest BCUT2D eigenvalue weighted by atomic mass is 35.5. The van der Waals surface area contributed by atoms with E-state index in [1.54, 1.807) is 11.4 Å². The zero-order chi connectivity index (χ0) is 14.6. The van der Waals surface area contributed by atoms with Gasteiger partial charge in [0, 0.05) is 39.2 Å². The number of alkyl halides is 1. The number of nitrogens with zero attached hydrogens (tertiary/aromatic N) is 2. The summed E-state index contributed by atoms with van der Waals surface area (Å²) in [4.78, 5) is 0. The van der Waals surface area contributed by atoms with Crippen molar-refractivity contribution in [1.82, 2.24) is 8.61 Å². The molecule has 2 fully saturated rings. The van der Waals surface area contributed by atoms with Crippen molar-refractivity contribution in [2.75, 3.05) is 45.8 Å². The average Bonchev–Trinajstić information content (AvgIpc) is 3.27. The fourth-order valence-corrected chi connectivity index (χ4v) is 4.01. The van der Waals surface area contributed by atoms with E-state index in [-0.39, 0.29) is 0 Å². The molecule has 2 aliphatic rings. The van der Waals surface area contributed by atoms with Crippen LogP contribution >= 0.6 is 11.6 Å². The van der Waals surface area contributed by atoms with E-state index in [1.807, 2.05) is 0 Å². The van der Waals surface area contributed by atoms with E-state index in [4.69, 9.17) is 16.3 Å². The molecule has 0 aromatic heterocycles. The Labute approximate surface area is 127 Å². The summed E-state index contributed by atoms with van der Waals surface area (Å²) in [5, 5.41) is 0. The third-order valence-electron chi connectivity index (χ3n) is 4.11. The van der Waals surface area contributed by atoms with Crippen LogP contribution in [0.15, 0.2) is 0 Å². The molecule has 1 aliphatic heterocycles. The quantitative estimate of drug-likeness (QED) is 0.502. The van der Waals surface area contributed by atoms with E-state index >= 15 is 0 Å². The molecule has 0 amide bonds. The predicted molar refractivity (Wildman–Crippen MR) is 80.1 cm³/mol. The molecular formula is C13H25ClN2O3S. The van der Waals surface area contributed by atoms with Gasteiger partial charge >= 0.3 is 0 Å². The van der Waals surface area contributed by atoms with Crippen molar-refractivity contribution >= 4 is 21.8 Å². The van der Waals surface area contributed by atoms with Crippen LogP contribution in [0, 0.1) is 11.8 Å². The molecular weight excluding hydrogens is 300 g/mol. The Balaban J connectivity index is 1.73. The predicted octanol–water partition coefficient (Wildman–Crippen LogP) is 1.54. The second-order valence-corrected chi connectivity index (χ2v) is 8.19. The van der Waals surface area contributed by atoms with E-state index < -0.39 is 10.2 Å². The molecule has 0 radical (unpaired) electrons. The van der Waals surface area contributed by atoms with Crippen molar-refractivity contribution in [3.05, 3.63) is 0 Å². The van der Waals surface area contributed by atoms with Crippen molar-refractivity contribution < 1.29 is 13.2 Å². The molecule has 1 heterocycles. The third kappa shape index (κ3) is 4.56.